The van der Waals surface area contributed by atoms with Crippen molar-refractivity contribution in [2.75, 3.05) is 0 Å². The van der Waals surface area contributed by atoms with Gasteiger partial charge in [0, 0.05) is 34.9 Å². The summed E-state index contributed by atoms with van der Waals surface area (Å²) in [6.07, 6.45) is 8.72. The molecule has 0 spiro atoms. The summed E-state index contributed by atoms with van der Waals surface area (Å²) < 4.78 is 4.46. The number of hydrogen-bond acceptors (Lipinski definition) is 0. The lowest BCUT2D eigenvalue weighted by molar-refractivity contribution is -0.688. The lowest BCUT2D eigenvalue weighted by Gasteiger charge is -2.05. The fourth-order valence-corrected chi connectivity index (χ4v) is 3.42. The predicted molar refractivity (Wildman–Crippen MR) is 108 cm³/mol. The molecule has 0 fully saturated rings. The summed E-state index contributed by atoms with van der Waals surface area (Å²) >= 11 is 0. The van der Waals surface area contributed by atoms with Crippen LogP contribution in [0.5, 0.6) is 0 Å². The van der Waals surface area contributed by atoms with Crippen LogP contribution in [0.1, 0.15) is 16.7 Å². The molecule has 0 atom stereocenters. The first-order valence-corrected chi connectivity index (χ1v) is 9.35. The number of aryl methyl sites for hydroxylation is 1. The standard InChI is InChI=1S/C25H24N2/c1-21-18-27(20-23-10-6-3-7-11-23)17-14-25(21)24-12-15-26(16-13-24)19-22-8-4-2-5-9-22/h2-18H,19-20H2,1H3/q+2. The summed E-state index contributed by atoms with van der Waals surface area (Å²) in [7, 11) is 0. The van der Waals surface area contributed by atoms with E-state index in [2.05, 4.69) is 120 Å². The Morgan fingerprint density at radius 1 is 0.593 bits per heavy atom. The number of rotatable bonds is 5. The van der Waals surface area contributed by atoms with Gasteiger partial charge in [0.25, 0.3) is 0 Å². The van der Waals surface area contributed by atoms with Crippen molar-refractivity contribution in [2.45, 2.75) is 20.0 Å². The number of pyridine rings is 2. The summed E-state index contributed by atoms with van der Waals surface area (Å²) in [5.41, 5.74) is 6.45. The van der Waals surface area contributed by atoms with Crippen molar-refractivity contribution in [1.29, 1.82) is 0 Å². The topological polar surface area (TPSA) is 7.76 Å². The van der Waals surface area contributed by atoms with E-state index in [0.29, 0.717) is 0 Å². The molecule has 0 aliphatic heterocycles. The molecule has 132 valence electrons. The molecule has 27 heavy (non-hydrogen) atoms. The van der Waals surface area contributed by atoms with Crippen LogP contribution >= 0.6 is 0 Å². The van der Waals surface area contributed by atoms with Crippen LogP contribution in [0.4, 0.5) is 0 Å². The van der Waals surface area contributed by atoms with Gasteiger partial charge in [0.15, 0.2) is 37.9 Å². The SMILES string of the molecule is Cc1c[n+](Cc2ccccc2)ccc1-c1cc[n+](Cc2ccccc2)cc1. The van der Waals surface area contributed by atoms with Crippen LogP contribution in [-0.2, 0) is 13.1 Å². The maximum atomic E-state index is 2.24. The highest BCUT2D eigenvalue weighted by Gasteiger charge is 2.10. The fraction of sp³-hybridized carbons (Fsp3) is 0.120. The minimum atomic E-state index is 0.895. The van der Waals surface area contributed by atoms with E-state index < -0.39 is 0 Å². The van der Waals surface area contributed by atoms with Crippen molar-refractivity contribution < 1.29 is 9.13 Å². The van der Waals surface area contributed by atoms with Crippen LogP contribution < -0.4 is 9.13 Å². The number of nitrogens with zero attached hydrogens (tertiary/aromatic N) is 2. The summed E-state index contributed by atoms with van der Waals surface area (Å²) in [6.45, 7) is 3.97. The van der Waals surface area contributed by atoms with E-state index in [9.17, 15) is 0 Å². The van der Waals surface area contributed by atoms with Crippen LogP contribution in [0.15, 0.2) is 104 Å². The molecular weight excluding hydrogens is 328 g/mol. The van der Waals surface area contributed by atoms with Crippen LogP contribution in [0.3, 0.4) is 0 Å². The fourth-order valence-electron chi connectivity index (χ4n) is 3.42. The van der Waals surface area contributed by atoms with Gasteiger partial charge in [-0.25, -0.2) is 9.13 Å². The third-order valence-corrected chi connectivity index (χ3v) is 4.84. The average Bonchev–Trinajstić information content (AvgIpc) is 2.71. The van der Waals surface area contributed by atoms with Gasteiger partial charge in [-0.3, -0.25) is 0 Å². The Morgan fingerprint density at radius 3 is 1.67 bits per heavy atom. The molecule has 4 rings (SSSR count). The monoisotopic (exact) mass is 352 g/mol. The van der Waals surface area contributed by atoms with E-state index in [1.165, 1.54) is 27.8 Å². The second kappa shape index (κ2) is 7.96. The first-order valence-electron chi connectivity index (χ1n) is 9.35. The molecular formula is C25H24N2+2. The van der Waals surface area contributed by atoms with Gasteiger partial charge in [0.2, 0.25) is 0 Å². The quantitative estimate of drug-likeness (QED) is 0.472. The summed E-state index contributed by atoms with van der Waals surface area (Å²) in [6, 6.07) is 27.7. The molecule has 0 radical (unpaired) electrons. The Morgan fingerprint density at radius 2 is 1.11 bits per heavy atom. The van der Waals surface area contributed by atoms with Crippen molar-refractivity contribution in [3.63, 3.8) is 0 Å². The van der Waals surface area contributed by atoms with Crippen molar-refractivity contribution in [2.24, 2.45) is 0 Å². The van der Waals surface area contributed by atoms with Gasteiger partial charge in [-0.1, -0.05) is 60.7 Å². The zero-order valence-electron chi connectivity index (χ0n) is 15.6. The molecule has 0 aliphatic carbocycles. The molecule has 0 saturated carbocycles. The highest BCUT2D eigenvalue weighted by atomic mass is 14.9. The molecule has 0 saturated heterocycles. The minimum absolute atomic E-state index is 0.895. The van der Waals surface area contributed by atoms with Crippen LogP contribution in [0, 0.1) is 6.92 Å². The largest absolute Gasteiger partial charge is 0.201 e. The Bertz CT molecular complexity index is 1010. The first kappa shape index (κ1) is 17.2. The Labute approximate surface area is 161 Å². The maximum Gasteiger partial charge on any atom is 0.173 e. The molecule has 4 aromatic rings. The van der Waals surface area contributed by atoms with Crippen molar-refractivity contribution in [3.05, 3.63) is 120 Å². The second-order valence-electron chi connectivity index (χ2n) is 6.94. The normalized spacial score (nSPS) is 10.7. The van der Waals surface area contributed by atoms with Crippen molar-refractivity contribution in [1.82, 2.24) is 0 Å². The Kier molecular flexibility index (Phi) is 5.06. The van der Waals surface area contributed by atoms with E-state index in [-0.39, 0.29) is 0 Å². The van der Waals surface area contributed by atoms with E-state index in [1.54, 1.807) is 0 Å². The lowest BCUT2D eigenvalue weighted by atomic mass is 10.0. The molecule has 0 bridgehead atoms. The lowest BCUT2D eigenvalue weighted by Crippen LogP contribution is -2.34. The van der Waals surface area contributed by atoms with Gasteiger partial charge in [0.1, 0.15) is 0 Å². The zero-order chi connectivity index (χ0) is 18.5. The minimum Gasteiger partial charge on any atom is -0.201 e. The zero-order valence-corrected chi connectivity index (χ0v) is 15.6. The number of hydrogen-bond donors (Lipinski definition) is 0. The molecule has 0 N–H and O–H groups in total. The molecule has 0 unspecified atom stereocenters. The van der Waals surface area contributed by atoms with Gasteiger partial charge in [-0.15, -0.1) is 0 Å². The van der Waals surface area contributed by atoms with E-state index in [4.69, 9.17) is 0 Å². The molecule has 0 amide bonds. The van der Waals surface area contributed by atoms with Gasteiger partial charge >= 0.3 is 0 Å². The summed E-state index contributed by atoms with van der Waals surface area (Å²) in [4.78, 5) is 0. The van der Waals surface area contributed by atoms with Crippen molar-refractivity contribution in [3.8, 4) is 11.1 Å². The molecule has 0 aliphatic rings. The second-order valence-corrected chi connectivity index (χ2v) is 6.94. The molecule has 2 nitrogen and oxygen atoms in total. The molecule has 2 heteroatoms. The first-order chi connectivity index (χ1) is 13.3. The predicted octanol–water partition coefficient (Wildman–Crippen LogP) is 4.33. The maximum absolute atomic E-state index is 2.24. The van der Waals surface area contributed by atoms with Gasteiger partial charge in [-0.2, -0.15) is 0 Å². The third-order valence-electron chi connectivity index (χ3n) is 4.84. The number of aromatic nitrogens is 2. The van der Waals surface area contributed by atoms with E-state index in [0.717, 1.165) is 13.1 Å². The van der Waals surface area contributed by atoms with Gasteiger partial charge < -0.3 is 0 Å². The molecule has 2 heterocycles. The van der Waals surface area contributed by atoms with Crippen LogP contribution in [0.2, 0.25) is 0 Å². The molecule has 2 aromatic heterocycles. The van der Waals surface area contributed by atoms with Gasteiger partial charge in [-0.05, 0) is 18.1 Å². The van der Waals surface area contributed by atoms with Crippen LogP contribution in [-0.4, -0.2) is 0 Å². The Hall–Kier alpha value is -3.26. The average molecular weight is 352 g/mol. The van der Waals surface area contributed by atoms with E-state index in [1.807, 2.05) is 0 Å². The van der Waals surface area contributed by atoms with Gasteiger partial charge in [0.05, 0.1) is 0 Å². The van der Waals surface area contributed by atoms with Crippen LogP contribution in [0.25, 0.3) is 11.1 Å². The highest BCUT2D eigenvalue weighted by Crippen LogP contribution is 2.20. The summed E-state index contributed by atoms with van der Waals surface area (Å²) in [5, 5.41) is 0. The Balaban J connectivity index is 1.51. The molecule has 2 aromatic carbocycles. The third kappa shape index (κ3) is 4.29. The van der Waals surface area contributed by atoms with E-state index >= 15 is 0 Å². The number of benzene rings is 2. The highest BCUT2D eigenvalue weighted by molar-refractivity contribution is 5.64. The smallest absolute Gasteiger partial charge is 0.173 e. The van der Waals surface area contributed by atoms with Crippen molar-refractivity contribution >= 4 is 0 Å². The summed E-state index contributed by atoms with van der Waals surface area (Å²) in [5.74, 6) is 0.